The standard InChI is InChI=1S/C22H30N2O3/c1-13(2)15-5-14(3)6-16(7-15)17-8-19(9-17)24(4)20(25)18-10-22(11-18)12-27-21(26)23-22/h5-7,13,17-19H,8-12H2,1-4H3,(H,23,26). The number of hydrogen-bond acceptors (Lipinski definition) is 3. The lowest BCUT2D eigenvalue weighted by Crippen LogP contribution is -2.59. The Labute approximate surface area is 161 Å². The van der Waals surface area contributed by atoms with E-state index < -0.39 is 0 Å². The molecule has 1 spiro atoms. The maximum absolute atomic E-state index is 12.8. The summed E-state index contributed by atoms with van der Waals surface area (Å²) in [5, 5.41) is 2.86. The molecule has 2 amide bonds. The van der Waals surface area contributed by atoms with Crippen molar-refractivity contribution in [3.63, 3.8) is 0 Å². The summed E-state index contributed by atoms with van der Waals surface area (Å²) in [6.07, 6.45) is 3.14. The van der Waals surface area contributed by atoms with Crippen LogP contribution in [0.15, 0.2) is 18.2 Å². The third kappa shape index (κ3) is 3.32. The number of benzene rings is 1. The first-order valence-electron chi connectivity index (χ1n) is 10.1. The summed E-state index contributed by atoms with van der Waals surface area (Å²) in [5.74, 6) is 1.33. The van der Waals surface area contributed by atoms with Crippen molar-refractivity contribution in [3.8, 4) is 0 Å². The first-order valence-corrected chi connectivity index (χ1v) is 10.1. The van der Waals surface area contributed by atoms with Crippen molar-refractivity contribution in [1.82, 2.24) is 10.2 Å². The van der Waals surface area contributed by atoms with Gasteiger partial charge in [-0.2, -0.15) is 0 Å². The largest absolute Gasteiger partial charge is 0.447 e. The minimum Gasteiger partial charge on any atom is -0.447 e. The SMILES string of the molecule is Cc1cc(C(C)C)cc(C2CC(N(C)C(=O)C3CC4(COC(=O)N4)C3)C2)c1. The Morgan fingerprint density at radius 1 is 1.26 bits per heavy atom. The fourth-order valence-corrected chi connectivity index (χ4v) is 4.83. The maximum Gasteiger partial charge on any atom is 0.407 e. The Hall–Kier alpha value is -2.04. The van der Waals surface area contributed by atoms with E-state index in [-0.39, 0.29) is 23.5 Å². The van der Waals surface area contributed by atoms with Crippen LogP contribution in [0, 0.1) is 12.8 Å². The van der Waals surface area contributed by atoms with Gasteiger partial charge < -0.3 is 15.0 Å². The number of alkyl carbamates (subject to hydrolysis) is 1. The molecule has 1 aliphatic heterocycles. The summed E-state index contributed by atoms with van der Waals surface area (Å²) < 4.78 is 5.00. The molecule has 3 aliphatic rings. The number of nitrogens with one attached hydrogen (secondary N) is 1. The van der Waals surface area contributed by atoms with Crippen molar-refractivity contribution >= 4 is 12.0 Å². The van der Waals surface area contributed by atoms with E-state index >= 15 is 0 Å². The Morgan fingerprint density at radius 3 is 2.56 bits per heavy atom. The highest BCUT2D eigenvalue weighted by molar-refractivity contribution is 5.81. The van der Waals surface area contributed by atoms with Crippen molar-refractivity contribution in [2.24, 2.45) is 5.92 Å². The van der Waals surface area contributed by atoms with Gasteiger partial charge in [0.05, 0.1) is 5.54 Å². The monoisotopic (exact) mass is 370 g/mol. The summed E-state index contributed by atoms with van der Waals surface area (Å²) in [6, 6.07) is 7.25. The first-order chi connectivity index (χ1) is 12.8. The lowest BCUT2D eigenvalue weighted by molar-refractivity contribution is -0.143. The van der Waals surface area contributed by atoms with E-state index in [1.54, 1.807) is 0 Å². The van der Waals surface area contributed by atoms with Crippen molar-refractivity contribution in [2.45, 2.75) is 69.9 Å². The molecule has 0 unspecified atom stereocenters. The number of amides is 2. The van der Waals surface area contributed by atoms with E-state index in [1.807, 2.05) is 11.9 Å². The molecule has 1 N–H and O–H groups in total. The van der Waals surface area contributed by atoms with E-state index in [4.69, 9.17) is 4.74 Å². The molecule has 1 saturated heterocycles. The molecule has 2 saturated carbocycles. The van der Waals surface area contributed by atoms with Gasteiger partial charge in [-0.25, -0.2) is 4.79 Å². The van der Waals surface area contributed by atoms with Crippen LogP contribution >= 0.6 is 0 Å². The molecular formula is C22H30N2O3. The Morgan fingerprint density at radius 2 is 1.96 bits per heavy atom. The van der Waals surface area contributed by atoms with Gasteiger partial charge in [-0.3, -0.25) is 4.79 Å². The lowest BCUT2D eigenvalue weighted by Gasteiger charge is -2.47. The van der Waals surface area contributed by atoms with E-state index in [2.05, 4.69) is 44.3 Å². The van der Waals surface area contributed by atoms with Gasteiger partial charge in [0.25, 0.3) is 0 Å². The fraction of sp³-hybridized carbons (Fsp3) is 0.636. The van der Waals surface area contributed by atoms with Crippen molar-refractivity contribution in [2.75, 3.05) is 13.7 Å². The number of carbonyl (C=O) groups excluding carboxylic acids is 2. The van der Waals surface area contributed by atoms with Gasteiger partial charge in [-0.15, -0.1) is 0 Å². The Kier molecular flexibility index (Phi) is 4.44. The zero-order chi connectivity index (χ0) is 19.3. The number of carbonyl (C=O) groups is 2. The van der Waals surface area contributed by atoms with Gasteiger partial charge in [0.1, 0.15) is 6.61 Å². The van der Waals surface area contributed by atoms with E-state index in [0.29, 0.717) is 37.3 Å². The molecule has 5 heteroatoms. The predicted molar refractivity (Wildman–Crippen MR) is 104 cm³/mol. The number of cyclic esters (lactones) is 1. The average Bonchev–Trinajstić information content (AvgIpc) is 2.93. The minimum absolute atomic E-state index is 0.0163. The van der Waals surface area contributed by atoms with Crippen LogP contribution in [0.3, 0.4) is 0 Å². The number of ether oxygens (including phenoxy) is 1. The third-order valence-electron chi connectivity index (χ3n) is 6.74. The van der Waals surface area contributed by atoms with Crippen LogP contribution in [-0.2, 0) is 9.53 Å². The zero-order valence-corrected chi connectivity index (χ0v) is 16.7. The molecule has 1 heterocycles. The number of hydrogen-bond donors (Lipinski definition) is 1. The Balaban J connectivity index is 1.32. The Bertz CT molecular complexity index is 761. The van der Waals surface area contributed by atoms with Gasteiger partial charge in [0, 0.05) is 19.0 Å². The van der Waals surface area contributed by atoms with Gasteiger partial charge in [0.2, 0.25) is 5.91 Å². The summed E-state index contributed by atoms with van der Waals surface area (Å²) in [5.41, 5.74) is 3.86. The maximum atomic E-state index is 12.8. The predicted octanol–water partition coefficient (Wildman–Crippen LogP) is 3.71. The van der Waals surface area contributed by atoms with Crippen molar-refractivity contribution in [1.29, 1.82) is 0 Å². The van der Waals surface area contributed by atoms with Crippen LogP contribution in [0.5, 0.6) is 0 Å². The summed E-state index contributed by atoms with van der Waals surface area (Å²) in [7, 11) is 1.94. The number of nitrogens with zero attached hydrogens (tertiary/aromatic N) is 1. The molecular weight excluding hydrogens is 340 g/mol. The van der Waals surface area contributed by atoms with E-state index in [9.17, 15) is 9.59 Å². The second-order valence-electron chi connectivity index (χ2n) is 9.19. The van der Waals surface area contributed by atoms with Crippen LogP contribution < -0.4 is 5.32 Å². The molecule has 0 atom stereocenters. The van der Waals surface area contributed by atoms with Crippen LogP contribution in [-0.4, -0.2) is 42.1 Å². The van der Waals surface area contributed by atoms with Crippen molar-refractivity contribution in [3.05, 3.63) is 34.9 Å². The quantitative estimate of drug-likeness (QED) is 0.879. The van der Waals surface area contributed by atoms with Gasteiger partial charge in [-0.05, 0) is 55.6 Å². The zero-order valence-electron chi connectivity index (χ0n) is 16.7. The molecule has 1 aromatic rings. The topological polar surface area (TPSA) is 58.6 Å². The number of aryl methyl sites for hydroxylation is 1. The van der Waals surface area contributed by atoms with E-state index in [1.165, 1.54) is 16.7 Å². The molecule has 4 rings (SSSR count). The summed E-state index contributed by atoms with van der Waals surface area (Å²) in [6.45, 7) is 7.03. The molecule has 2 aliphatic carbocycles. The van der Waals surface area contributed by atoms with Crippen LogP contribution in [0.1, 0.15) is 68.1 Å². The first kappa shape index (κ1) is 18.3. The highest BCUT2D eigenvalue weighted by atomic mass is 16.6. The van der Waals surface area contributed by atoms with Gasteiger partial charge in [-0.1, -0.05) is 37.6 Å². The fourth-order valence-electron chi connectivity index (χ4n) is 4.83. The van der Waals surface area contributed by atoms with Crippen LogP contribution in [0.25, 0.3) is 0 Å². The summed E-state index contributed by atoms with van der Waals surface area (Å²) in [4.78, 5) is 26.0. The molecule has 27 heavy (non-hydrogen) atoms. The second-order valence-corrected chi connectivity index (χ2v) is 9.19. The third-order valence-corrected chi connectivity index (χ3v) is 6.74. The van der Waals surface area contributed by atoms with Gasteiger partial charge in [0.15, 0.2) is 0 Å². The number of rotatable bonds is 4. The van der Waals surface area contributed by atoms with Crippen LogP contribution in [0.2, 0.25) is 0 Å². The summed E-state index contributed by atoms with van der Waals surface area (Å²) >= 11 is 0. The molecule has 3 fully saturated rings. The van der Waals surface area contributed by atoms with E-state index in [0.717, 1.165) is 12.8 Å². The average molecular weight is 370 g/mol. The molecule has 0 radical (unpaired) electrons. The lowest BCUT2D eigenvalue weighted by atomic mass is 9.67. The van der Waals surface area contributed by atoms with Gasteiger partial charge >= 0.3 is 6.09 Å². The minimum atomic E-state index is -0.352. The second kappa shape index (κ2) is 6.54. The molecule has 0 bridgehead atoms. The molecule has 5 nitrogen and oxygen atoms in total. The van der Waals surface area contributed by atoms with Crippen LogP contribution in [0.4, 0.5) is 4.79 Å². The molecule has 1 aromatic carbocycles. The highest BCUT2D eigenvalue weighted by Crippen LogP contribution is 2.44. The smallest absolute Gasteiger partial charge is 0.407 e. The molecule has 0 aromatic heterocycles. The highest BCUT2D eigenvalue weighted by Gasteiger charge is 2.53. The molecule has 146 valence electrons. The normalized spacial score (nSPS) is 31.9. The van der Waals surface area contributed by atoms with Crippen molar-refractivity contribution < 1.29 is 14.3 Å².